The lowest BCUT2D eigenvalue weighted by molar-refractivity contribution is -0.405. The van der Waals surface area contributed by atoms with Gasteiger partial charge in [-0.3, -0.25) is 19.7 Å². The van der Waals surface area contributed by atoms with Gasteiger partial charge in [0.05, 0.1) is 0 Å². The molecule has 9 nitrogen and oxygen atoms in total. The lowest BCUT2D eigenvalue weighted by Gasteiger charge is -2.27. The molecule has 1 aromatic carbocycles. The summed E-state index contributed by atoms with van der Waals surface area (Å²) in [7, 11) is 0. The van der Waals surface area contributed by atoms with Crippen LogP contribution in [0.25, 0.3) is 0 Å². The zero-order chi connectivity index (χ0) is 21.2. The molecule has 4 N–H and O–H groups in total. The molecule has 9 heteroatoms. The topological polar surface area (TPSA) is 124 Å². The summed E-state index contributed by atoms with van der Waals surface area (Å²) in [6.45, 7) is 2.41. The van der Waals surface area contributed by atoms with Crippen molar-refractivity contribution in [2.24, 2.45) is 0 Å². The number of carbonyl (C=O) groups excluding carboxylic acids is 4. The van der Waals surface area contributed by atoms with E-state index in [-0.39, 0.29) is 18.7 Å². The maximum absolute atomic E-state index is 12.8. The van der Waals surface area contributed by atoms with Crippen LogP contribution < -0.4 is 11.1 Å². The standard InChI is InChI=1S/C20H28N4O5/c1-2-3-11-18(26)24(14-25)29-20(28)22-17-10-7-12-23(17)19(27)16(21)13-15-8-5-4-6-9-15/h4-6,8-9,14,16-17H,2-3,7,10-13,21H2,1H3,(H,22,28)/p+1. The predicted molar refractivity (Wildman–Crippen MR) is 104 cm³/mol. The number of carbonyl (C=O) groups is 4. The molecule has 2 atom stereocenters. The van der Waals surface area contributed by atoms with Gasteiger partial charge in [0.15, 0.2) is 6.04 Å². The van der Waals surface area contributed by atoms with Crippen molar-refractivity contribution in [2.45, 2.75) is 57.7 Å². The zero-order valence-corrected chi connectivity index (χ0v) is 16.7. The van der Waals surface area contributed by atoms with Gasteiger partial charge in [-0.2, -0.15) is 0 Å². The van der Waals surface area contributed by atoms with E-state index in [1.54, 1.807) is 4.90 Å². The summed E-state index contributed by atoms with van der Waals surface area (Å²) in [5.74, 6) is -0.750. The maximum Gasteiger partial charge on any atom is 0.433 e. The number of likely N-dealkylation sites (tertiary alicyclic amines) is 1. The number of amides is 4. The number of unbranched alkanes of at least 4 members (excludes halogenated alkanes) is 1. The van der Waals surface area contributed by atoms with Crippen molar-refractivity contribution in [1.29, 1.82) is 0 Å². The first-order valence-corrected chi connectivity index (χ1v) is 9.89. The monoisotopic (exact) mass is 405 g/mol. The lowest BCUT2D eigenvalue weighted by Crippen LogP contribution is -2.70. The van der Waals surface area contributed by atoms with Crippen molar-refractivity contribution in [2.75, 3.05) is 6.54 Å². The van der Waals surface area contributed by atoms with Crippen LogP contribution in [0, 0.1) is 0 Å². The van der Waals surface area contributed by atoms with E-state index in [0.29, 0.717) is 30.9 Å². The van der Waals surface area contributed by atoms with Gasteiger partial charge in [-0.05, 0) is 24.8 Å². The Morgan fingerprint density at radius 1 is 1.34 bits per heavy atom. The number of nitrogens with one attached hydrogen (secondary N) is 1. The number of imide groups is 1. The number of hydrogen-bond acceptors (Lipinski definition) is 5. The summed E-state index contributed by atoms with van der Waals surface area (Å²) < 4.78 is 0. The minimum absolute atomic E-state index is 0.110. The summed E-state index contributed by atoms with van der Waals surface area (Å²) in [5.41, 5.74) is 4.98. The second-order valence-electron chi connectivity index (χ2n) is 7.03. The Labute approximate surface area is 170 Å². The molecule has 2 unspecified atom stereocenters. The van der Waals surface area contributed by atoms with E-state index in [0.717, 1.165) is 18.4 Å². The van der Waals surface area contributed by atoms with Crippen LogP contribution in [0.3, 0.4) is 0 Å². The van der Waals surface area contributed by atoms with Crippen molar-refractivity contribution in [3.05, 3.63) is 35.9 Å². The van der Waals surface area contributed by atoms with Crippen LogP contribution in [0.5, 0.6) is 0 Å². The molecule has 0 spiro atoms. The molecule has 0 saturated carbocycles. The first-order valence-electron chi connectivity index (χ1n) is 9.89. The number of nitrogens with zero attached hydrogens (tertiary/aromatic N) is 2. The number of benzene rings is 1. The highest BCUT2D eigenvalue weighted by molar-refractivity contribution is 5.86. The SMILES string of the molecule is CCCCC(=O)N(C=O)OC(=O)NC1CCCN1C(=O)C([NH3+])Cc1ccccc1. The minimum atomic E-state index is -0.949. The molecule has 1 heterocycles. The van der Waals surface area contributed by atoms with Gasteiger partial charge in [0.2, 0.25) is 0 Å². The number of quaternary nitrogens is 1. The third-order valence-corrected chi connectivity index (χ3v) is 4.76. The van der Waals surface area contributed by atoms with E-state index in [1.165, 1.54) is 0 Å². The molecule has 2 rings (SSSR count). The van der Waals surface area contributed by atoms with E-state index < -0.39 is 24.2 Å². The Morgan fingerprint density at radius 2 is 2.07 bits per heavy atom. The fourth-order valence-electron chi connectivity index (χ4n) is 3.22. The summed E-state index contributed by atoms with van der Waals surface area (Å²) in [4.78, 5) is 54.2. The Hall–Kier alpha value is -2.94. The minimum Gasteiger partial charge on any atom is -0.347 e. The highest BCUT2D eigenvalue weighted by Crippen LogP contribution is 2.17. The molecule has 1 aliphatic heterocycles. The van der Waals surface area contributed by atoms with Crippen molar-refractivity contribution in [3.8, 4) is 0 Å². The smallest absolute Gasteiger partial charge is 0.347 e. The molecule has 1 aliphatic rings. The van der Waals surface area contributed by atoms with Crippen LogP contribution >= 0.6 is 0 Å². The molecule has 29 heavy (non-hydrogen) atoms. The lowest BCUT2D eigenvalue weighted by atomic mass is 10.1. The molecule has 158 valence electrons. The summed E-state index contributed by atoms with van der Waals surface area (Å²) in [6, 6.07) is 9.11. The van der Waals surface area contributed by atoms with Crippen LogP contribution in [0.15, 0.2) is 30.3 Å². The van der Waals surface area contributed by atoms with E-state index in [2.05, 4.69) is 11.1 Å². The Morgan fingerprint density at radius 3 is 2.72 bits per heavy atom. The molecule has 1 aromatic rings. The molecule has 4 amide bonds. The van der Waals surface area contributed by atoms with Gasteiger partial charge in [-0.1, -0.05) is 43.7 Å². The Bertz CT molecular complexity index is 712. The summed E-state index contributed by atoms with van der Waals surface area (Å²) in [5, 5.41) is 2.96. The fraction of sp³-hybridized carbons (Fsp3) is 0.500. The molecule has 0 aromatic heterocycles. The maximum atomic E-state index is 12.8. The fourth-order valence-corrected chi connectivity index (χ4v) is 3.22. The van der Waals surface area contributed by atoms with Crippen molar-refractivity contribution in [1.82, 2.24) is 15.3 Å². The van der Waals surface area contributed by atoms with Gasteiger partial charge in [0, 0.05) is 19.4 Å². The normalized spacial score (nSPS) is 16.8. The van der Waals surface area contributed by atoms with Crippen molar-refractivity contribution >= 4 is 24.3 Å². The van der Waals surface area contributed by atoms with Gasteiger partial charge in [-0.15, -0.1) is 5.06 Å². The van der Waals surface area contributed by atoms with Crippen LogP contribution in [-0.2, 0) is 25.6 Å². The molecule has 0 bridgehead atoms. The van der Waals surface area contributed by atoms with Crippen molar-refractivity contribution in [3.63, 3.8) is 0 Å². The quantitative estimate of drug-likeness (QED) is 0.484. The first-order chi connectivity index (χ1) is 14.0. The van der Waals surface area contributed by atoms with Gasteiger partial charge in [-0.25, -0.2) is 4.79 Å². The van der Waals surface area contributed by atoms with E-state index in [9.17, 15) is 19.2 Å². The Kier molecular flexibility index (Phi) is 8.60. The van der Waals surface area contributed by atoms with Crippen molar-refractivity contribution < 1.29 is 29.7 Å². The van der Waals surface area contributed by atoms with E-state index >= 15 is 0 Å². The third-order valence-electron chi connectivity index (χ3n) is 4.76. The average molecular weight is 405 g/mol. The number of hydrogen-bond donors (Lipinski definition) is 2. The number of hydroxylamine groups is 2. The largest absolute Gasteiger partial charge is 0.433 e. The molecular weight excluding hydrogens is 376 g/mol. The predicted octanol–water partition coefficient (Wildman–Crippen LogP) is 0.605. The third kappa shape index (κ3) is 6.56. The van der Waals surface area contributed by atoms with Gasteiger partial charge < -0.3 is 15.5 Å². The first kappa shape index (κ1) is 22.4. The molecular formula is C20H29N4O5+. The van der Waals surface area contributed by atoms with Crippen LogP contribution in [0.4, 0.5) is 4.79 Å². The van der Waals surface area contributed by atoms with Gasteiger partial charge in [0.1, 0.15) is 6.17 Å². The van der Waals surface area contributed by atoms with Gasteiger partial charge >= 0.3 is 6.09 Å². The second kappa shape index (κ2) is 11.2. The number of rotatable bonds is 8. The zero-order valence-electron chi connectivity index (χ0n) is 16.7. The average Bonchev–Trinajstić information content (AvgIpc) is 3.18. The van der Waals surface area contributed by atoms with Crippen LogP contribution in [0.2, 0.25) is 0 Å². The molecule has 1 saturated heterocycles. The van der Waals surface area contributed by atoms with E-state index in [4.69, 9.17) is 4.84 Å². The second-order valence-corrected chi connectivity index (χ2v) is 7.03. The van der Waals surface area contributed by atoms with Crippen LogP contribution in [-0.4, -0.2) is 53.0 Å². The van der Waals surface area contributed by atoms with Crippen LogP contribution in [0.1, 0.15) is 44.6 Å². The van der Waals surface area contributed by atoms with E-state index in [1.807, 2.05) is 37.3 Å². The molecule has 0 aliphatic carbocycles. The van der Waals surface area contributed by atoms with Gasteiger partial charge in [0.25, 0.3) is 18.2 Å². The summed E-state index contributed by atoms with van der Waals surface area (Å²) >= 11 is 0. The highest BCUT2D eigenvalue weighted by Gasteiger charge is 2.35. The molecule has 1 fully saturated rings. The Balaban J connectivity index is 1.90. The molecule has 0 radical (unpaired) electrons. The summed E-state index contributed by atoms with van der Waals surface area (Å²) in [6.07, 6.45) is 1.92. The highest BCUT2D eigenvalue weighted by atomic mass is 16.7.